The maximum Gasteiger partial charge on any atom is 0.159 e. The summed E-state index contributed by atoms with van der Waals surface area (Å²) >= 11 is 0. The highest BCUT2D eigenvalue weighted by atomic mass is 16.3. The summed E-state index contributed by atoms with van der Waals surface area (Å²) < 4.78 is 0. The number of rotatable bonds is 4. The number of carbonyl (C=O) groups is 1. The van der Waals surface area contributed by atoms with Crippen molar-refractivity contribution in [3.63, 3.8) is 0 Å². The Morgan fingerprint density at radius 2 is 1.32 bits per heavy atom. The van der Waals surface area contributed by atoms with Crippen LogP contribution in [0.1, 0.15) is 25.0 Å². The van der Waals surface area contributed by atoms with Crippen molar-refractivity contribution in [3.8, 4) is 0 Å². The molecule has 2 aromatic carbocycles. The monoisotopic (exact) mass is 254 g/mol. The number of Topliss-reactive ketones (excluding diaryl/α,β-unsaturated/α-hetero) is 1. The van der Waals surface area contributed by atoms with Crippen LogP contribution in [0.2, 0.25) is 0 Å². The Kier molecular flexibility index (Phi) is 3.82. The standard InChI is InChI=1S/C17H18O2/c1-13(18)16(19)17(2,14-9-5-3-6-10-14)15-11-7-4-8-12-15/h3-12,16,19H,1-2H3/t16-/m1/s1. The molecule has 1 N–H and O–H groups in total. The van der Waals surface area contributed by atoms with Crippen molar-refractivity contribution in [2.75, 3.05) is 0 Å². The van der Waals surface area contributed by atoms with Gasteiger partial charge < -0.3 is 5.11 Å². The number of carbonyl (C=O) groups excluding carboxylic acids is 1. The van der Waals surface area contributed by atoms with Gasteiger partial charge in [-0.25, -0.2) is 0 Å². The minimum absolute atomic E-state index is 0.227. The van der Waals surface area contributed by atoms with Gasteiger partial charge in [-0.2, -0.15) is 0 Å². The fourth-order valence-corrected chi connectivity index (χ4v) is 2.46. The summed E-state index contributed by atoms with van der Waals surface area (Å²) in [6, 6.07) is 19.3. The average Bonchev–Trinajstić information content (AvgIpc) is 2.47. The maximum atomic E-state index is 11.7. The van der Waals surface area contributed by atoms with Gasteiger partial charge in [-0.15, -0.1) is 0 Å². The van der Waals surface area contributed by atoms with Crippen molar-refractivity contribution < 1.29 is 9.90 Å². The van der Waals surface area contributed by atoms with Gasteiger partial charge in [-0.3, -0.25) is 4.79 Å². The maximum absolute atomic E-state index is 11.7. The Bertz CT molecular complexity index is 506. The van der Waals surface area contributed by atoms with E-state index in [1.165, 1.54) is 6.92 Å². The number of aliphatic hydroxyl groups is 1. The third-order valence-electron chi connectivity index (χ3n) is 3.68. The third kappa shape index (κ3) is 2.45. The van der Waals surface area contributed by atoms with Crippen LogP contribution in [0.4, 0.5) is 0 Å². The summed E-state index contributed by atoms with van der Waals surface area (Å²) in [6.45, 7) is 3.33. The molecule has 0 heterocycles. The predicted octanol–water partition coefficient (Wildman–Crippen LogP) is 2.94. The van der Waals surface area contributed by atoms with Gasteiger partial charge in [0.1, 0.15) is 6.10 Å². The lowest BCUT2D eigenvalue weighted by Crippen LogP contribution is -2.42. The van der Waals surface area contributed by atoms with Crippen LogP contribution in [-0.4, -0.2) is 17.0 Å². The molecule has 0 bridgehead atoms. The molecule has 0 spiro atoms. The Labute approximate surface area is 113 Å². The lowest BCUT2D eigenvalue weighted by molar-refractivity contribution is -0.127. The molecule has 0 aliphatic rings. The van der Waals surface area contributed by atoms with Gasteiger partial charge in [0, 0.05) is 0 Å². The van der Waals surface area contributed by atoms with Crippen LogP contribution < -0.4 is 0 Å². The summed E-state index contributed by atoms with van der Waals surface area (Å²) in [5.41, 5.74) is 1.14. The molecule has 1 atom stereocenters. The molecule has 0 saturated carbocycles. The van der Waals surface area contributed by atoms with Gasteiger partial charge in [-0.05, 0) is 25.0 Å². The van der Waals surface area contributed by atoms with Crippen molar-refractivity contribution in [1.29, 1.82) is 0 Å². The smallest absolute Gasteiger partial charge is 0.159 e. The molecule has 0 aromatic heterocycles. The van der Waals surface area contributed by atoms with Gasteiger partial charge in [-0.1, -0.05) is 60.7 Å². The number of hydrogen-bond acceptors (Lipinski definition) is 2. The van der Waals surface area contributed by atoms with Crippen LogP contribution in [0.25, 0.3) is 0 Å². The van der Waals surface area contributed by atoms with Crippen LogP contribution in [0.3, 0.4) is 0 Å². The van der Waals surface area contributed by atoms with E-state index in [9.17, 15) is 9.90 Å². The van der Waals surface area contributed by atoms with E-state index in [1.807, 2.05) is 67.6 Å². The molecule has 0 aliphatic heterocycles. The van der Waals surface area contributed by atoms with E-state index in [0.717, 1.165) is 11.1 Å². The van der Waals surface area contributed by atoms with Crippen molar-refractivity contribution in [3.05, 3.63) is 71.8 Å². The van der Waals surface area contributed by atoms with Gasteiger partial charge in [0.15, 0.2) is 5.78 Å². The minimum Gasteiger partial charge on any atom is -0.384 e. The van der Waals surface area contributed by atoms with E-state index >= 15 is 0 Å². The number of benzene rings is 2. The molecule has 2 nitrogen and oxygen atoms in total. The lowest BCUT2D eigenvalue weighted by Gasteiger charge is -2.34. The van der Waals surface area contributed by atoms with Crippen molar-refractivity contribution in [2.45, 2.75) is 25.4 Å². The SMILES string of the molecule is CC(=O)[C@@H](O)C(C)(c1ccccc1)c1ccccc1. The minimum atomic E-state index is -1.06. The van der Waals surface area contributed by atoms with Crippen LogP contribution >= 0.6 is 0 Å². The van der Waals surface area contributed by atoms with Crippen LogP contribution in [0.15, 0.2) is 60.7 Å². The fourth-order valence-electron chi connectivity index (χ4n) is 2.46. The zero-order valence-corrected chi connectivity index (χ0v) is 11.2. The Morgan fingerprint density at radius 3 is 1.63 bits per heavy atom. The van der Waals surface area contributed by atoms with Crippen molar-refractivity contribution in [1.82, 2.24) is 0 Å². The van der Waals surface area contributed by atoms with E-state index in [-0.39, 0.29) is 5.78 Å². The van der Waals surface area contributed by atoms with Crippen LogP contribution in [-0.2, 0) is 10.2 Å². The summed E-state index contributed by atoms with van der Waals surface area (Å²) in [7, 11) is 0. The zero-order chi connectivity index (χ0) is 13.9. The second kappa shape index (κ2) is 5.37. The second-order valence-electron chi connectivity index (χ2n) is 4.95. The average molecular weight is 254 g/mol. The summed E-state index contributed by atoms with van der Waals surface area (Å²) in [6.07, 6.45) is -1.06. The molecule has 2 aromatic rings. The molecular weight excluding hydrogens is 236 g/mol. The number of ketones is 1. The zero-order valence-electron chi connectivity index (χ0n) is 11.2. The van der Waals surface area contributed by atoms with Crippen molar-refractivity contribution in [2.24, 2.45) is 0 Å². The fraction of sp³-hybridized carbons (Fsp3) is 0.235. The van der Waals surface area contributed by atoms with Crippen LogP contribution in [0.5, 0.6) is 0 Å². The first kappa shape index (κ1) is 13.5. The van der Waals surface area contributed by atoms with Gasteiger partial charge in [0.2, 0.25) is 0 Å². The van der Waals surface area contributed by atoms with Gasteiger partial charge in [0.05, 0.1) is 5.41 Å². The van der Waals surface area contributed by atoms with E-state index in [2.05, 4.69) is 0 Å². The molecule has 2 heteroatoms. The normalized spacial score (nSPS) is 13.0. The lowest BCUT2D eigenvalue weighted by atomic mass is 9.71. The molecule has 0 saturated heterocycles. The topological polar surface area (TPSA) is 37.3 Å². The van der Waals surface area contributed by atoms with E-state index in [0.29, 0.717) is 0 Å². The van der Waals surface area contributed by atoms with Gasteiger partial charge in [0.25, 0.3) is 0 Å². The van der Waals surface area contributed by atoms with Crippen LogP contribution in [0, 0.1) is 0 Å². The highest BCUT2D eigenvalue weighted by Gasteiger charge is 2.39. The molecule has 0 fully saturated rings. The molecule has 0 unspecified atom stereocenters. The summed E-state index contributed by atoms with van der Waals surface area (Å²) in [4.78, 5) is 11.7. The molecule has 19 heavy (non-hydrogen) atoms. The predicted molar refractivity (Wildman–Crippen MR) is 76.0 cm³/mol. The van der Waals surface area contributed by atoms with E-state index in [1.54, 1.807) is 0 Å². The molecule has 98 valence electrons. The number of hydrogen-bond donors (Lipinski definition) is 1. The molecule has 0 radical (unpaired) electrons. The first-order valence-corrected chi connectivity index (χ1v) is 6.36. The largest absolute Gasteiger partial charge is 0.384 e. The Morgan fingerprint density at radius 1 is 0.947 bits per heavy atom. The highest BCUT2D eigenvalue weighted by molar-refractivity contribution is 5.83. The van der Waals surface area contributed by atoms with E-state index < -0.39 is 11.5 Å². The molecule has 2 rings (SSSR count). The molecule has 0 amide bonds. The third-order valence-corrected chi connectivity index (χ3v) is 3.68. The summed E-state index contributed by atoms with van der Waals surface area (Å²) in [5.74, 6) is -0.227. The van der Waals surface area contributed by atoms with Gasteiger partial charge >= 0.3 is 0 Å². The molecule has 0 aliphatic carbocycles. The first-order chi connectivity index (χ1) is 9.06. The van der Waals surface area contributed by atoms with E-state index in [4.69, 9.17) is 0 Å². The summed E-state index contributed by atoms with van der Waals surface area (Å²) in [5, 5.41) is 10.4. The number of aliphatic hydroxyl groups excluding tert-OH is 1. The Hall–Kier alpha value is -1.93. The molecular formula is C17H18O2. The van der Waals surface area contributed by atoms with Crippen molar-refractivity contribution >= 4 is 5.78 Å². The highest BCUT2D eigenvalue weighted by Crippen LogP contribution is 2.35. The second-order valence-corrected chi connectivity index (χ2v) is 4.95. The quantitative estimate of drug-likeness (QED) is 0.910. The first-order valence-electron chi connectivity index (χ1n) is 6.36. The Balaban J connectivity index is 2.61.